The lowest BCUT2D eigenvalue weighted by molar-refractivity contribution is 0.115. The van der Waals surface area contributed by atoms with Gasteiger partial charge in [0.05, 0.1) is 10.5 Å². The molecule has 2 saturated heterocycles. The normalized spacial score (nSPS) is 20.6. The summed E-state index contributed by atoms with van der Waals surface area (Å²) in [5.74, 6) is 3.69. The number of piperidine rings is 1. The predicted octanol–water partition coefficient (Wildman–Crippen LogP) is 13.1. The molecule has 0 spiro atoms. The quantitative estimate of drug-likeness (QED) is 0.0818. The molecule has 9 nitrogen and oxygen atoms in total. The van der Waals surface area contributed by atoms with Crippen LogP contribution in [0.4, 0.5) is 14.6 Å². The second-order valence-electron chi connectivity index (χ2n) is 20.8. The maximum Gasteiger partial charge on any atom is 0.164 e. The lowest BCUT2D eigenvalue weighted by Crippen LogP contribution is -2.37. The van der Waals surface area contributed by atoms with Gasteiger partial charge in [-0.15, -0.1) is 0 Å². The van der Waals surface area contributed by atoms with Crippen molar-refractivity contribution in [3.8, 4) is 16.9 Å². The lowest BCUT2D eigenvalue weighted by atomic mass is 9.80. The van der Waals surface area contributed by atoms with Gasteiger partial charge in [-0.1, -0.05) is 126 Å². The molecule has 72 heavy (non-hydrogen) atoms. The number of ether oxygens (including phenoxy) is 1. The summed E-state index contributed by atoms with van der Waals surface area (Å²) < 4.78 is 38.6. The molecular weight excluding hydrogens is 922 g/mol. The maximum atomic E-state index is 15.6. The molecule has 9 rings (SSSR count). The van der Waals surface area contributed by atoms with Crippen molar-refractivity contribution in [2.24, 2.45) is 24.6 Å². The molecule has 3 aliphatic heterocycles. The van der Waals surface area contributed by atoms with Gasteiger partial charge in [0.15, 0.2) is 5.82 Å². The van der Waals surface area contributed by atoms with Crippen LogP contribution < -0.4 is 31.3 Å². The molecule has 12 heteroatoms. The standard InChI is InChI=1S/C25H22ClF2NO.C20H27N5.C15H30N2/c1-4-15-10-11-17(14(2)29)22(24(15)28)21-18-13-25(3,16-8-6-5-7-9-16)30-20(18)12-19(27)23(21)26;1-14-7-12-25(15(2)21-14)20-18-6-5-17(13-19(18)24(4)22-20)16-8-10-23(3)11-9-16;1-4-17-12-11-15(16-3)10-9-14-7-5-13(2)6-8-14/h5-12H,2,4,13,29H2,1,3H3;5-6,13,16,21H,1-2,7-12H2,3-4H3;4,13-17H,1,5-12H2,2-3H3. The van der Waals surface area contributed by atoms with Crippen LogP contribution >= 0.6 is 11.6 Å². The van der Waals surface area contributed by atoms with Crippen LogP contribution in [0.15, 0.2) is 111 Å². The number of nitrogens with one attached hydrogen (secondary N) is 3. The highest BCUT2D eigenvalue weighted by Gasteiger charge is 2.40. The van der Waals surface area contributed by atoms with E-state index in [1.807, 2.05) is 55.9 Å². The van der Waals surface area contributed by atoms with Crippen molar-refractivity contribution in [1.82, 2.24) is 30.6 Å². The van der Waals surface area contributed by atoms with Crippen LogP contribution in [0.25, 0.3) is 27.7 Å². The van der Waals surface area contributed by atoms with E-state index in [-0.39, 0.29) is 21.8 Å². The Kier molecular flexibility index (Phi) is 18.4. The fourth-order valence-electron chi connectivity index (χ4n) is 11.0. The fourth-order valence-corrected chi connectivity index (χ4v) is 11.3. The molecule has 386 valence electrons. The third-order valence-corrected chi connectivity index (χ3v) is 15.9. The van der Waals surface area contributed by atoms with Crippen LogP contribution in [0.2, 0.25) is 5.02 Å². The summed E-state index contributed by atoms with van der Waals surface area (Å²) in [6.45, 7) is 26.0. The minimum absolute atomic E-state index is 0.149. The summed E-state index contributed by atoms with van der Waals surface area (Å²) in [7, 11) is 6.33. The number of fused-ring (bicyclic) bond motifs is 2. The first-order valence-corrected chi connectivity index (χ1v) is 26.5. The molecule has 2 atom stereocenters. The Morgan fingerprint density at radius 3 is 2.36 bits per heavy atom. The van der Waals surface area contributed by atoms with Gasteiger partial charge >= 0.3 is 0 Å². The molecule has 3 fully saturated rings. The SMILES string of the molecule is C=C(N)c1ccc(CC)c(F)c1-c1c(Cl)c(F)cc2c1CC(C)(c1ccccc1)O2.C=C1CCN(c2nn(C)c3cc(C4CCN(C)CC4)ccc23)C(=C)N1.C=CNCCC(CCC1CCC(C)CC1)NC. The van der Waals surface area contributed by atoms with Gasteiger partial charge in [-0.3, -0.25) is 4.68 Å². The van der Waals surface area contributed by atoms with Crippen molar-refractivity contribution in [2.75, 3.05) is 45.2 Å². The molecular formula is C60H79ClF2N8O. The number of halogens is 3. The van der Waals surface area contributed by atoms with Crippen molar-refractivity contribution >= 4 is 34.0 Å². The summed E-state index contributed by atoms with van der Waals surface area (Å²) in [5, 5.41) is 15.7. The number of hydrogen-bond acceptors (Lipinski definition) is 8. The minimum atomic E-state index is -0.728. The highest BCUT2D eigenvalue weighted by molar-refractivity contribution is 6.34. The van der Waals surface area contributed by atoms with Gasteiger partial charge in [-0.05, 0) is 125 Å². The van der Waals surface area contributed by atoms with E-state index in [1.54, 1.807) is 18.3 Å². The molecule has 1 aliphatic carbocycles. The summed E-state index contributed by atoms with van der Waals surface area (Å²) in [6, 6.07) is 21.8. The second-order valence-corrected chi connectivity index (χ2v) is 21.1. The van der Waals surface area contributed by atoms with Crippen LogP contribution in [0.5, 0.6) is 5.75 Å². The van der Waals surface area contributed by atoms with Gasteiger partial charge in [0.1, 0.15) is 28.8 Å². The Bertz CT molecular complexity index is 2700. The van der Waals surface area contributed by atoms with Crippen molar-refractivity contribution in [1.29, 1.82) is 0 Å². The molecule has 0 bridgehead atoms. The third-order valence-electron chi connectivity index (χ3n) is 15.6. The van der Waals surface area contributed by atoms with Gasteiger partial charge in [0, 0.05) is 84.1 Å². The van der Waals surface area contributed by atoms with E-state index in [0.717, 1.165) is 54.2 Å². The molecule has 5 N–H and O–H groups in total. The zero-order valence-electron chi connectivity index (χ0n) is 43.8. The molecule has 5 aromatic rings. The van der Waals surface area contributed by atoms with Crippen molar-refractivity contribution in [2.45, 2.75) is 115 Å². The van der Waals surface area contributed by atoms with Gasteiger partial charge < -0.3 is 36.2 Å². The highest BCUT2D eigenvalue weighted by Crippen LogP contribution is 2.50. The predicted molar refractivity (Wildman–Crippen MR) is 297 cm³/mol. The first-order valence-electron chi connectivity index (χ1n) is 26.1. The van der Waals surface area contributed by atoms with Crippen molar-refractivity contribution in [3.05, 3.63) is 155 Å². The smallest absolute Gasteiger partial charge is 0.164 e. The van der Waals surface area contributed by atoms with E-state index < -0.39 is 17.2 Å². The van der Waals surface area contributed by atoms with E-state index in [1.165, 1.54) is 93.4 Å². The number of aromatic nitrogens is 2. The molecule has 4 aliphatic rings. The second kappa shape index (κ2) is 24.4. The molecule has 4 heterocycles. The number of aryl methyl sites for hydroxylation is 2. The third kappa shape index (κ3) is 12.6. The largest absolute Gasteiger partial charge is 0.482 e. The number of nitrogens with two attached hydrogens (primary N) is 1. The van der Waals surface area contributed by atoms with Crippen LogP contribution in [0.1, 0.15) is 119 Å². The highest BCUT2D eigenvalue weighted by atomic mass is 35.5. The van der Waals surface area contributed by atoms with Crippen LogP contribution in [0.3, 0.4) is 0 Å². The molecule has 1 saturated carbocycles. The lowest BCUT2D eigenvalue weighted by Gasteiger charge is -2.31. The van der Waals surface area contributed by atoms with Gasteiger partial charge in [0.2, 0.25) is 0 Å². The number of anilines is 1. The van der Waals surface area contributed by atoms with Crippen LogP contribution in [-0.4, -0.2) is 61.0 Å². The Balaban J connectivity index is 0.000000165. The Morgan fingerprint density at radius 1 is 0.986 bits per heavy atom. The number of benzene rings is 4. The number of nitrogens with zero attached hydrogens (tertiary/aromatic N) is 4. The Labute approximate surface area is 433 Å². The summed E-state index contributed by atoms with van der Waals surface area (Å²) in [4.78, 5) is 4.58. The molecule has 2 unspecified atom stereocenters. The zero-order valence-corrected chi connectivity index (χ0v) is 44.5. The van der Waals surface area contributed by atoms with E-state index in [4.69, 9.17) is 27.2 Å². The molecule has 1 aromatic heterocycles. The zero-order chi connectivity index (χ0) is 51.7. The van der Waals surface area contributed by atoms with E-state index in [2.05, 4.69) is 91.3 Å². The molecule has 0 radical (unpaired) electrons. The van der Waals surface area contributed by atoms with Crippen LogP contribution in [-0.2, 0) is 25.5 Å². The maximum absolute atomic E-state index is 15.6. The summed E-state index contributed by atoms with van der Waals surface area (Å²) in [5.41, 5.74) is 12.0. The van der Waals surface area contributed by atoms with Gasteiger partial charge in [0.25, 0.3) is 0 Å². The first kappa shape index (κ1) is 54.2. The molecule has 4 aromatic carbocycles. The minimum Gasteiger partial charge on any atom is -0.482 e. The average Bonchev–Trinajstić information content (AvgIpc) is 3.89. The average molecular weight is 1000 g/mol. The number of hydrogen-bond donors (Lipinski definition) is 4. The van der Waals surface area contributed by atoms with Crippen molar-refractivity contribution in [3.63, 3.8) is 0 Å². The van der Waals surface area contributed by atoms with E-state index in [0.29, 0.717) is 47.2 Å². The fraction of sp³-hybridized carbons (Fsp3) is 0.450. The monoisotopic (exact) mass is 1000 g/mol. The summed E-state index contributed by atoms with van der Waals surface area (Å²) in [6.07, 6.45) is 15.8. The first-order chi connectivity index (χ1) is 34.5. The van der Waals surface area contributed by atoms with Gasteiger partial charge in [-0.25, -0.2) is 8.78 Å². The topological polar surface area (TPSA) is 95.6 Å². The molecule has 0 amide bonds. The summed E-state index contributed by atoms with van der Waals surface area (Å²) >= 11 is 6.43. The van der Waals surface area contributed by atoms with E-state index in [9.17, 15) is 4.39 Å². The van der Waals surface area contributed by atoms with Crippen LogP contribution in [0, 0.1) is 23.5 Å². The van der Waals surface area contributed by atoms with E-state index >= 15 is 4.39 Å². The Morgan fingerprint density at radius 2 is 1.71 bits per heavy atom. The number of likely N-dealkylation sites (tertiary alicyclic amines) is 1. The number of rotatable bonds is 14. The Hall–Kier alpha value is -5.62. The van der Waals surface area contributed by atoms with Gasteiger partial charge in [-0.2, -0.15) is 5.10 Å². The van der Waals surface area contributed by atoms with Crippen molar-refractivity contribution < 1.29 is 13.5 Å².